The van der Waals surface area contributed by atoms with Crippen molar-refractivity contribution in [1.82, 2.24) is 25.1 Å². The van der Waals surface area contributed by atoms with Gasteiger partial charge in [-0.1, -0.05) is 0 Å². The van der Waals surface area contributed by atoms with Gasteiger partial charge in [0.25, 0.3) is 0 Å². The topological polar surface area (TPSA) is 99.4 Å². The van der Waals surface area contributed by atoms with E-state index in [1.54, 1.807) is 4.90 Å². The van der Waals surface area contributed by atoms with Gasteiger partial charge in [0.05, 0.1) is 18.7 Å². The summed E-state index contributed by atoms with van der Waals surface area (Å²) in [5.74, 6) is -0.796. The Bertz CT molecular complexity index is 783. The van der Waals surface area contributed by atoms with Gasteiger partial charge in [-0.15, -0.1) is 5.10 Å². The van der Waals surface area contributed by atoms with Gasteiger partial charge in [0.1, 0.15) is 37.1 Å². The van der Waals surface area contributed by atoms with Gasteiger partial charge in [-0.05, 0) is 29.5 Å². The van der Waals surface area contributed by atoms with E-state index in [0.717, 1.165) is 0 Å². The SMILES string of the molecule is CC(=O)c1ccc(OCC2CN(C(=O)Cn3cnnn3)CCO2)cc1F. The summed E-state index contributed by atoms with van der Waals surface area (Å²) in [6.07, 6.45) is 1.04. The molecule has 10 heteroatoms. The van der Waals surface area contributed by atoms with Crippen LogP contribution in [0.3, 0.4) is 0 Å². The molecule has 138 valence electrons. The molecular weight excluding hydrogens is 345 g/mol. The lowest BCUT2D eigenvalue weighted by atomic mass is 10.1. The van der Waals surface area contributed by atoms with E-state index in [0.29, 0.717) is 25.4 Å². The average molecular weight is 363 g/mol. The van der Waals surface area contributed by atoms with Gasteiger partial charge >= 0.3 is 0 Å². The molecule has 1 unspecified atom stereocenters. The van der Waals surface area contributed by atoms with Gasteiger partial charge in [0.2, 0.25) is 5.91 Å². The minimum atomic E-state index is -0.627. The van der Waals surface area contributed by atoms with Crippen molar-refractivity contribution in [3.05, 3.63) is 35.9 Å². The minimum Gasteiger partial charge on any atom is -0.491 e. The number of tetrazole rings is 1. The Morgan fingerprint density at radius 1 is 1.42 bits per heavy atom. The first-order valence-electron chi connectivity index (χ1n) is 8.06. The van der Waals surface area contributed by atoms with Gasteiger partial charge in [0, 0.05) is 12.6 Å². The Morgan fingerprint density at radius 3 is 2.96 bits per heavy atom. The molecule has 1 atom stereocenters. The third kappa shape index (κ3) is 4.39. The Hall–Kier alpha value is -2.88. The Kier molecular flexibility index (Phi) is 5.52. The molecule has 1 aromatic heterocycles. The van der Waals surface area contributed by atoms with Crippen molar-refractivity contribution < 1.29 is 23.5 Å². The second-order valence-electron chi connectivity index (χ2n) is 5.85. The molecule has 0 aliphatic carbocycles. The van der Waals surface area contributed by atoms with Crippen molar-refractivity contribution in [3.63, 3.8) is 0 Å². The fourth-order valence-electron chi connectivity index (χ4n) is 2.60. The zero-order valence-electron chi connectivity index (χ0n) is 14.2. The van der Waals surface area contributed by atoms with E-state index in [2.05, 4.69) is 15.5 Å². The summed E-state index contributed by atoms with van der Waals surface area (Å²) in [5, 5.41) is 10.6. The number of aromatic nitrogens is 4. The zero-order valence-corrected chi connectivity index (χ0v) is 14.2. The molecular formula is C16H18FN5O4. The van der Waals surface area contributed by atoms with Gasteiger partial charge in [-0.2, -0.15) is 0 Å². The summed E-state index contributed by atoms with van der Waals surface area (Å²) in [7, 11) is 0. The van der Waals surface area contributed by atoms with Crippen LogP contribution < -0.4 is 4.74 Å². The Balaban J connectivity index is 1.53. The standard InChI is InChI=1S/C16H18FN5O4/c1-11(23)14-3-2-12(6-15(14)17)26-9-13-7-21(4-5-25-13)16(24)8-22-10-18-19-20-22/h2-3,6,10,13H,4-5,7-9H2,1H3. The lowest BCUT2D eigenvalue weighted by Crippen LogP contribution is -2.48. The molecule has 1 aliphatic rings. The zero-order chi connectivity index (χ0) is 18.5. The maximum atomic E-state index is 13.8. The van der Waals surface area contributed by atoms with E-state index in [-0.39, 0.29) is 36.5 Å². The van der Waals surface area contributed by atoms with Crippen LogP contribution >= 0.6 is 0 Å². The third-order valence-electron chi connectivity index (χ3n) is 3.94. The molecule has 0 spiro atoms. The minimum absolute atomic E-state index is 0.0191. The number of Topliss-reactive ketones (excluding diaryl/α,β-unsaturated/α-hetero) is 1. The largest absolute Gasteiger partial charge is 0.491 e. The smallest absolute Gasteiger partial charge is 0.244 e. The summed E-state index contributed by atoms with van der Waals surface area (Å²) in [6, 6.07) is 4.08. The molecule has 3 rings (SSSR count). The van der Waals surface area contributed by atoms with E-state index in [1.165, 1.54) is 36.1 Å². The van der Waals surface area contributed by atoms with Crippen molar-refractivity contribution in [2.75, 3.05) is 26.3 Å². The first-order chi connectivity index (χ1) is 12.5. The molecule has 1 aromatic carbocycles. The molecule has 0 saturated carbocycles. The average Bonchev–Trinajstić information content (AvgIpc) is 3.13. The highest BCUT2D eigenvalue weighted by atomic mass is 19.1. The highest BCUT2D eigenvalue weighted by Crippen LogP contribution is 2.18. The first kappa shape index (κ1) is 17.9. The molecule has 2 heterocycles. The van der Waals surface area contributed by atoms with Crippen molar-refractivity contribution in [2.24, 2.45) is 0 Å². The quantitative estimate of drug-likeness (QED) is 0.682. The van der Waals surface area contributed by atoms with Crippen LogP contribution in [0.15, 0.2) is 24.5 Å². The Labute approximate surface area is 148 Å². The van der Waals surface area contributed by atoms with Crippen molar-refractivity contribution in [3.8, 4) is 5.75 Å². The van der Waals surface area contributed by atoms with E-state index in [1.807, 2.05) is 0 Å². The monoisotopic (exact) mass is 363 g/mol. The van der Waals surface area contributed by atoms with E-state index in [9.17, 15) is 14.0 Å². The maximum absolute atomic E-state index is 13.8. The number of ether oxygens (including phenoxy) is 2. The van der Waals surface area contributed by atoms with E-state index in [4.69, 9.17) is 9.47 Å². The highest BCUT2D eigenvalue weighted by molar-refractivity contribution is 5.94. The van der Waals surface area contributed by atoms with Crippen LogP contribution in [0.25, 0.3) is 0 Å². The number of hydrogen-bond donors (Lipinski definition) is 0. The summed E-state index contributed by atoms with van der Waals surface area (Å²) in [6.45, 7) is 2.73. The van der Waals surface area contributed by atoms with Gasteiger partial charge in [-0.25, -0.2) is 9.07 Å². The molecule has 0 radical (unpaired) electrons. The number of halogens is 1. The number of morpholine rings is 1. The molecule has 9 nitrogen and oxygen atoms in total. The number of amides is 1. The predicted molar refractivity (Wildman–Crippen MR) is 86.0 cm³/mol. The van der Waals surface area contributed by atoms with E-state index >= 15 is 0 Å². The maximum Gasteiger partial charge on any atom is 0.244 e. The lowest BCUT2D eigenvalue weighted by Gasteiger charge is -2.32. The number of hydrogen-bond acceptors (Lipinski definition) is 7. The molecule has 1 amide bonds. The predicted octanol–water partition coefficient (Wildman–Crippen LogP) is 0.321. The number of benzene rings is 1. The van der Waals surface area contributed by atoms with Gasteiger partial charge in [0.15, 0.2) is 5.78 Å². The van der Waals surface area contributed by atoms with Crippen LogP contribution in [-0.4, -0.2) is 69.2 Å². The molecule has 0 bridgehead atoms. The van der Waals surface area contributed by atoms with Crippen LogP contribution in [-0.2, 0) is 16.1 Å². The number of carbonyl (C=O) groups excluding carboxylic acids is 2. The van der Waals surface area contributed by atoms with Crippen molar-refractivity contribution >= 4 is 11.7 Å². The van der Waals surface area contributed by atoms with Crippen molar-refractivity contribution in [2.45, 2.75) is 19.6 Å². The number of ketones is 1. The third-order valence-corrected chi connectivity index (χ3v) is 3.94. The second kappa shape index (κ2) is 8.00. The van der Waals surface area contributed by atoms with Crippen LogP contribution in [0.1, 0.15) is 17.3 Å². The highest BCUT2D eigenvalue weighted by Gasteiger charge is 2.25. The molecule has 1 aliphatic heterocycles. The Morgan fingerprint density at radius 2 is 2.27 bits per heavy atom. The fourth-order valence-corrected chi connectivity index (χ4v) is 2.60. The van der Waals surface area contributed by atoms with Crippen LogP contribution in [0.4, 0.5) is 4.39 Å². The first-order valence-corrected chi connectivity index (χ1v) is 8.06. The number of rotatable bonds is 6. The normalized spacial score (nSPS) is 17.2. The molecule has 2 aromatic rings. The second-order valence-corrected chi connectivity index (χ2v) is 5.85. The summed E-state index contributed by atoms with van der Waals surface area (Å²) in [4.78, 5) is 25.2. The molecule has 0 N–H and O–H groups in total. The molecule has 26 heavy (non-hydrogen) atoms. The number of carbonyl (C=O) groups is 2. The summed E-state index contributed by atoms with van der Waals surface area (Å²) >= 11 is 0. The fraction of sp³-hybridized carbons (Fsp3) is 0.438. The van der Waals surface area contributed by atoms with E-state index < -0.39 is 5.82 Å². The lowest BCUT2D eigenvalue weighted by molar-refractivity contribution is -0.140. The summed E-state index contributed by atoms with van der Waals surface area (Å²) in [5.41, 5.74) is 0.0191. The van der Waals surface area contributed by atoms with Crippen LogP contribution in [0.5, 0.6) is 5.75 Å². The number of nitrogens with zero attached hydrogens (tertiary/aromatic N) is 5. The summed E-state index contributed by atoms with van der Waals surface area (Å²) < 4.78 is 26.3. The van der Waals surface area contributed by atoms with Gasteiger partial charge in [-0.3, -0.25) is 9.59 Å². The van der Waals surface area contributed by atoms with Crippen molar-refractivity contribution in [1.29, 1.82) is 0 Å². The van der Waals surface area contributed by atoms with Crippen LogP contribution in [0.2, 0.25) is 0 Å². The van der Waals surface area contributed by atoms with Gasteiger partial charge < -0.3 is 14.4 Å². The van der Waals surface area contributed by atoms with Crippen LogP contribution in [0, 0.1) is 5.82 Å². The molecule has 1 saturated heterocycles. The molecule has 1 fully saturated rings.